The monoisotopic (exact) mass is 656 g/mol. The second-order valence-electron chi connectivity index (χ2n) is 10.9. The number of hydrogen-bond acceptors (Lipinski definition) is 8. The third-order valence-electron chi connectivity index (χ3n) is 7.80. The molecule has 1 amide bonds. The van der Waals surface area contributed by atoms with Gasteiger partial charge < -0.3 is 10.1 Å². The van der Waals surface area contributed by atoms with Crippen molar-refractivity contribution < 1.29 is 22.7 Å². The van der Waals surface area contributed by atoms with Crippen LogP contribution >= 0.6 is 11.3 Å². The number of ether oxygens (including phenoxy) is 1. The molecular formula is C34H32N4O6S2. The lowest BCUT2D eigenvalue weighted by Gasteiger charge is -2.26. The van der Waals surface area contributed by atoms with Gasteiger partial charge in [0, 0.05) is 18.8 Å². The number of esters is 1. The van der Waals surface area contributed by atoms with Crippen LogP contribution in [0.15, 0.2) is 76.4 Å². The maximum absolute atomic E-state index is 13.9. The minimum Gasteiger partial charge on any atom is -0.465 e. The minimum absolute atomic E-state index is 0.0453. The molecule has 2 heterocycles. The molecular weight excluding hydrogens is 625 g/mol. The van der Waals surface area contributed by atoms with Gasteiger partial charge in [0.1, 0.15) is 10.7 Å². The lowest BCUT2D eigenvalue weighted by molar-refractivity contribution is -0.111. The van der Waals surface area contributed by atoms with Crippen molar-refractivity contribution in [1.29, 1.82) is 5.26 Å². The van der Waals surface area contributed by atoms with Crippen molar-refractivity contribution in [2.45, 2.75) is 38.0 Å². The molecule has 0 radical (unpaired) electrons. The molecule has 10 nitrogen and oxygen atoms in total. The molecule has 0 saturated carbocycles. The number of amides is 1. The summed E-state index contributed by atoms with van der Waals surface area (Å²) < 4.78 is 34.4. The van der Waals surface area contributed by atoms with Gasteiger partial charge >= 0.3 is 5.97 Å². The number of aryl methyl sites for hydroxylation is 2. The van der Waals surface area contributed by atoms with Crippen molar-refractivity contribution in [2.75, 3.05) is 25.5 Å². The van der Waals surface area contributed by atoms with E-state index >= 15 is 0 Å². The van der Waals surface area contributed by atoms with E-state index in [0.717, 1.165) is 41.7 Å². The molecule has 0 aliphatic carbocycles. The molecule has 12 heteroatoms. The topological polar surface area (TPSA) is 139 Å². The Morgan fingerprint density at radius 2 is 1.70 bits per heavy atom. The van der Waals surface area contributed by atoms with Crippen molar-refractivity contribution in [2.24, 2.45) is 0 Å². The maximum atomic E-state index is 13.9. The quantitative estimate of drug-likeness (QED) is 0.300. The summed E-state index contributed by atoms with van der Waals surface area (Å²) in [4.78, 5) is 39.4. The lowest BCUT2D eigenvalue weighted by Crippen LogP contribution is -2.35. The summed E-state index contributed by atoms with van der Waals surface area (Å²) in [7, 11) is -2.46. The molecule has 5 rings (SSSR count). The number of anilines is 1. The van der Waals surface area contributed by atoms with Crippen LogP contribution in [0.1, 0.15) is 46.3 Å². The number of carbonyl (C=O) groups excluding carboxylic acids is 2. The van der Waals surface area contributed by atoms with Gasteiger partial charge in [0.2, 0.25) is 10.0 Å². The van der Waals surface area contributed by atoms with Crippen molar-refractivity contribution in [3.63, 3.8) is 0 Å². The fourth-order valence-electron chi connectivity index (χ4n) is 5.11. The largest absolute Gasteiger partial charge is 0.465 e. The van der Waals surface area contributed by atoms with Crippen molar-refractivity contribution >= 4 is 50.6 Å². The summed E-state index contributed by atoms with van der Waals surface area (Å²) in [5, 5.41) is 12.9. The van der Waals surface area contributed by atoms with Crippen LogP contribution in [-0.2, 0) is 19.6 Å². The normalized spacial score (nSPS) is 14.8. The number of piperidine rings is 1. The van der Waals surface area contributed by atoms with E-state index in [0.29, 0.717) is 29.9 Å². The molecule has 1 fully saturated rings. The summed E-state index contributed by atoms with van der Waals surface area (Å²) in [5.74, 6) is -1.28. The highest BCUT2D eigenvalue weighted by Crippen LogP contribution is 2.23. The van der Waals surface area contributed by atoms with Crippen molar-refractivity contribution in [1.82, 2.24) is 8.87 Å². The molecule has 236 valence electrons. The number of benzene rings is 3. The lowest BCUT2D eigenvalue weighted by atomic mass is 10.1. The summed E-state index contributed by atoms with van der Waals surface area (Å²) in [6, 6.07) is 19.8. The van der Waals surface area contributed by atoms with Gasteiger partial charge in [-0.15, -0.1) is 11.3 Å². The molecule has 1 aliphatic rings. The molecule has 0 unspecified atom stereocenters. The van der Waals surface area contributed by atoms with Gasteiger partial charge in [-0.1, -0.05) is 30.7 Å². The summed E-state index contributed by atoms with van der Waals surface area (Å²) in [6.45, 7) is 4.72. The molecule has 1 aliphatic heterocycles. The summed E-state index contributed by atoms with van der Waals surface area (Å²) in [5.41, 5.74) is 2.83. The van der Waals surface area contributed by atoms with E-state index in [2.05, 4.69) is 5.32 Å². The Labute approximate surface area is 270 Å². The predicted octanol–water partition coefficient (Wildman–Crippen LogP) is 3.62. The number of nitriles is 1. The fourth-order valence-corrected chi connectivity index (χ4v) is 7.78. The third-order valence-corrected chi connectivity index (χ3v) is 10.8. The Morgan fingerprint density at radius 1 is 0.978 bits per heavy atom. The van der Waals surface area contributed by atoms with Crippen LogP contribution in [0.25, 0.3) is 17.3 Å². The first-order chi connectivity index (χ1) is 22.0. The van der Waals surface area contributed by atoms with Crippen LogP contribution in [0.3, 0.4) is 0 Å². The number of hydrogen-bond donors (Lipinski definition) is 1. The summed E-state index contributed by atoms with van der Waals surface area (Å²) in [6.07, 6.45) is 4.18. The van der Waals surface area contributed by atoms with E-state index in [1.165, 1.54) is 34.2 Å². The van der Waals surface area contributed by atoms with Gasteiger partial charge in [0.15, 0.2) is 5.57 Å². The first kappa shape index (κ1) is 32.6. The number of carbonyl (C=O) groups is 2. The molecule has 3 aromatic carbocycles. The van der Waals surface area contributed by atoms with Gasteiger partial charge in [0.05, 0.1) is 27.8 Å². The zero-order valence-corrected chi connectivity index (χ0v) is 27.2. The van der Waals surface area contributed by atoms with Crippen LogP contribution < -0.4 is 20.1 Å². The standard InChI is InChI=1S/C34H32N4O6S2/c1-22-10-15-27(18-23(22)2)38-32(40)30(19-24-11-13-25(14-12-24)34(41)44-3)45-33(38)29(21-35)31(39)36-26-8-7-9-28(20-26)46(42,43)37-16-5-4-6-17-37/h7-15,18-20H,4-6,16-17H2,1-3H3,(H,36,39)/b30-19+,33-29+. The summed E-state index contributed by atoms with van der Waals surface area (Å²) >= 11 is 0.979. The third kappa shape index (κ3) is 6.72. The van der Waals surface area contributed by atoms with E-state index in [4.69, 9.17) is 4.74 Å². The molecule has 4 aromatic rings. The SMILES string of the molecule is COC(=O)c1ccc(/C=c2/s/c(=C(\C#N)C(=O)Nc3cccc(S(=O)(=O)N4CCCCC4)c3)n(-c3ccc(C)c(C)c3)c2=O)cc1. The van der Waals surface area contributed by atoms with Crippen molar-refractivity contribution in [3.05, 3.63) is 109 Å². The molecule has 1 N–H and O–H groups in total. The highest BCUT2D eigenvalue weighted by atomic mass is 32.2. The average molecular weight is 657 g/mol. The van der Waals surface area contributed by atoms with Gasteiger partial charge in [0.25, 0.3) is 11.5 Å². The van der Waals surface area contributed by atoms with Crippen LogP contribution in [0, 0.1) is 25.2 Å². The minimum atomic E-state index is -3.75. The average Bonchev–Trinajstić information content (AvgIpc) is 3.37. The number of nitrogens with zero attached hydrogens (tertiary/aromatic N) is 3. The van der Waals surface area contributed by atoms with Crippen LogP contribution in [0.4, 0.5) is 5.69 Å². The highest BCUT2D eigenvalue weighted by Gasteiger charge is 2.26. The molecule has 0 atom stereocenters. The van der Waals surface area contributed by atoms with Crippen LogP contribution in [0.5, 0.6) is 0 Å². The first-order valence-corrected chi connectivity index (χ1v) is 16.8. The first-order valence-electron chi connectivity index (χ1n) is 14.6. The Bertz CT molecular complexity index is 2150. The highest BCUT2D eigenvalue weighted by molar-refractivity contribution is 7.89. The van der Waals surface area contributed by atoms with Crippen LogP contribution in [-0.4, -0.2) is 49.4 Å². The number of thiazole rings is 1. The van der Waals surface area contributed by atoms with E-state index in [1.54, 1.807) is 42.5 Å². The number of sulfonamides is 1. The molecule has 0 spiro atoms. The Hall–Kier alpha value is -4.83. The van der Waals surface area contributed by atoms with Gasteiger partial charge in [-0.3, -0.25) is 14.2 Å². The van der Waals surface area contributed by atoms with Gasteiger partial charge in [-0.25, -0.2) is 13.2 Å². The van der Waals surface area contributed by atoms with Gasteiger partial charge in [-0.05, 0) is 91.9 Å². The predicted molar refractivity (Wildman–Crippen MR) is 177 cm³/mol. The van der Waals surface area contributed by atoms with E-state index in [-0.39, 0.29) is 25.4 Å². The number of aromatic nitrogens is 1. The van der Waals surface area contributed by atoms with Crippen molar-refractivity contribution in [3.8, 4) is 11.8 Å². The smallest absolute Gasteiger partial charge is 0.337 e. The molecule has 46 heavy (non-hydrogen) atoms. The van der Waals surface area contributed by atoms with E-state index in [9.17, 15) is 28.1 Å². The Kier molecular flexibility index (Phi) is 9.67. The van der Waals surface area contributed by atoms with Gasteiger partial charge in [-0.2, -0.15) is 9.57 Å². The second kappa shape index (κ2) is 13.7. The zero-order chi connectivity index (χ0) is 33.0. The number of methoxy groups -OCH3 is 1. The molecule has 1 saturated heterocycles. The molecule has 0 bridgehead atoms. The second-order valence-corrected chi connectivity index (χ2v) is 13.8. The van der Waals surface area contributed by atoms with E-state index < -0.39 is 27.5 Å². The number of nitrogens with one attached hydrogen (secondary N) is 1. The number of rotatable bonds is 7. The Balaban J connectivity index is 1.60. The molecule has 1 aromatic heterocycles. The maximum Gasteiger partial charge on any atom is 0.337 e. The van der Waals surface area contributed by atoms with E-state index in [1.807, 2.05) is 32.0 Å². The fraction of sp³-hybridized carbons (Fsp3) is 0.235. The van der Waals surface area contributed by atoms with Crippen LogP contribution in [0.2, 0.25) is 0 Å². The Morgan fingerprint density at radius 3 is 2.35 bits per heavy atom. The zero-order valence-electron chi connectivity index (χ0n) is 25.6.